The van der Waals surface area contributed by atoms with Crippen LogP contribution < -0.4 is 5.32 Å². The van der Waals surface area contributed by atoms with E-state index in [2.05, 4.69) is 5.32 Å². The number of carbonyl (C=O) groups is 1. The molecule has 1 aliphatic carbocycles. The van der Waals surface area contributed by atoms with Crippen LogP contribution in [-0.2, 0) is 4.79 Å². The number of nitrogens with one attached hydrogen (secondary N) is 1. The van der Waals surface area contributed by atoms with Gasteiger partial charge in [0.1, 0.15) is 0 Å². The monoisotopic (exact) mass is 212 g/mol. The summed E-state index contributed by atoms with van der Waals surface area (Å²) in [5.41, 5.74) is 0. The summed E-state index contributed by atoms with van der Waals surface area (Å²) in [6.07, 6.45) is 7.58. The molecule has 3 nitrogen and oxygen atoms in total. The van der Waals surface area contributed by atoms with Gasteiger partial charge in [-0.15, -0.1) is 0 Å². The molecule has 0 spiro atoms. The summed E-state index contributed by atoms with van der Waals surface area (Å²) in [6.45, 7) is 1.90. The van der Waals surface area contributed by atoms with Crippen LogP contribution in [0.1, 0.15) is 38.5 Å². The molecule has 0 aromatic carbocycles. The van der Waals surface area contributed by atoms with E-state index in [-0.39, 0.29) is 5.91 Å². The van der Waals surface area contributed by atoms with Gasteiger partial charge in [-0.25, -0.2) is 0 Å². The molecule has 1 rings (SSSR count). The molecule has 0 bridgehead atoms. The summed E-state index contributed by atoms with van der Waals surface area (Å²) in [6, 6.07) is 0. The molecular weight excluding hydrogens is 188 g/mol. The fraction of sp³-hybridized carbons (Fsp3) is 0.917. The Morgan fingerprint density at radius 1 is 1.27 bits per heavy atom. The van der Waals surface area contributed by atoms with Crippen molar-refractivity contribution in [2.45, 2.75) is 38.5 Å². The van der Waals surface area contributed by atoms with Crippen molar-refractivity contribution in [1.82, 2.24) is 10.2 Å². The van der Waals surface area contributed by atoms with Gasteiger partial charge in [-0.05, 0) is 18.9 Å². The normalized spacial score (nSPS) is 16.9. The van der Waals surface area contributed by atoms with Crippen molar-refractivity contribution in [2.75, 3.05) is 27.2 Å². The fourth-order valence-electron chi connectivity index (χ4n) is 2.15. The molecular formula is C12H24N2O. The third-order valence-electron chi connectivity index (χ3n) is 3.22. The Hall–Kier alpha value is -0.570. The van der Waals surface area contributed by atoms with Gasteiger partial charge in [-0.1, -0.05) is 25.7 Å². The zero-order valence-corrected chi connectivity index (χ0v) is 10.1. The topological polar surface area (TPSA) is 32.3 Å². The summed E-state index contributed by atoms with van der Waals surface area (Å²) < 4.78 is 0. The van der Waals surface area contributed by atoms with Crippen molar-refractivity contribution in [3.05, 3.63) is 0 Å². The first-order valence-electron chi connectivity index (χ1n) is 6.11. The number of amides is 1. The quantitative estimate of drug-likeness (QED) is 0.679. The Balaban J connectivity index is 1.90. The first kappa shape index (κ1) is 12.5. The second kappa shape index (κ2) is 6.83. The summed E-state index contributed by atoms with van der Waals surface area (Å²) >= 11 is 0. The zero-order chi connectivity index (χ0) is 11.1. The van der Waals surface area contributed by atoms with Crippen LogP contribution >= 0.6 is 0 Å². The van der Waals surface area contributed by atoms with Crippen molar-refractivity contribution in [3.8, 4) is 0 Å². The van der Waals surface area contributed by atoms with Crippen LogP contribution in [-0.4, -0.2) is 38.0 Å². The highest BCUT2D eigenvalue weighted by molar-refractivity contribution is 5.75. The first-order valence-corrected chi connectivity index (χ1v) is 6.11. The number of hydrogen-bond donors (Lipinski definition) is 1. The third kappa shape index (κ3) is 5.17. The van der Waals surface area contributed by atoms with E-state index < -0.39 is 0 Å². The Labute approximate surface area is 93.2 Å². The Kier molecular flexibility index (Phi) is 5.69. The van der Waals surface area contributed by atoms with Gasteiger partial charge < -0.3 is 10.2 Å². The van der Waals surface area contributed by atoms with E-state index >= 15 is 0 Å². The van der Waals surface area contributed by atoms with E-state index in [4.69, 9.17) is 0 Å². The molecule has 0 aromatic rings. The SMILES string of the molecule is CN(C)C(=O)CCNCCC1CCCC1. The standard InChI is InChI=1S/C12H24N2O/c1-14(2)12(15)8-10-13-9-7-11-5-3-4-6-11/h11,13H,3-10H2,1-2H3. The lowest BCUT2D eigenvalue weighted by Crippen LogP contribution is -2.27. The molecule has 1 amide bonds. The lowest BCUT2D eigenvalue weighted by molar-refractivity contribution is -0.128. The minimum atomic E-state index is 0.211. The average Bonchev–Trinajstić information content (AvgIpc) is 2.69. The number of carbonyl (C=O) groups excluding carboxylic acids is 1. The van der Waals surface area contributed by atoms with E-state index in [0.29, 0.717) is 6.42 Å². The molecule has 0 radical (unpaired) electrons. The Morgan fingerprint density at radius 3 is 2.53 bits per heavy atom. The predicted octanol–water partition coefficient (Wildman–Crippen LogP) is 1.63. The predicted molar refractivity (Wildman–Crippen MR) is 62.8 cm³/mol. The van der Waals surface area contributed by atoms with Gasteiger partial charge in [0.05, 0.1) is 0 Å². The molecule has 1 N–H and O–H groups in total. The molecule has 15 heavy (non-hydrogen) atoms. The second-order valence-electron chi connectivity index (χ2n) is 4.73. The number of rotatable bonds is 6. The zero-order valence-electron chi connectivity index (χ0n) is 10.1. The average molecular weight is 212 g/mol. The lowest BCUT2D eigenvalue weighted by Gasteiger charge is -2.12. The summed E-state index contributed by atoms with van der Waals surface area (Å²) in [4.78, 5) is 12.9. The summed E-state index contributed by atoms with van der Waals surface area (Å²) in [7, 11) is 3.61. The number of nitrogens with zero attached hydrogens (tertiary/aromatic N) is 1. The molecule has 88 valence electrons. The van der Waals surface area contributed by atoms with Crippen molar-refractivity contribution in [2.24, 2.45) is 5.92 Å². The molecule has 0 aliphatic heterocycles. The molecule has 0 atom stereocenters. The van der Waals surface area contributed by atoms with Gasteiger partial charge in [-0.2, -0.15) is 0 Å². The molecule has 1 aliphatic rings. The van der Waals surface area contributed by atoms with Gasteiger partial charge in [0.25, 0.3) is 0 Å². The van der Waals surface area contributed by atoms with Crippen LogP contribution in [0.25, 0.3) is 0 Å². The van der Waals surface area contributed by atoms with Gasteiger partial charge in [0.15, 0.2) is 0 Å². The smallest absolute Gasteiger partial charge is 0.223 e. The largest absolute Gasteiger partial charge is 0.349 e. The Morgan fingerprint density at radius 2 is 1.93 bits per heavy atom. The van der Waals surface area contributed by atoms with E-state index in [1.807, 2.05) is 0 Å². The van der Waals surface area contributed by atoms with Crippen LogP contribution in [0, 0.1) is 5.92 Å². The van der Waals surface area contributed by atoms with Gasteiger partial charge in [0.2, 0.25) is 5.91 Å². The maximum absolute atomic E-state index is 11.2. The van der Waals surface area contributed by atoms with E-state index in [0.717, 1.165) is 19.0 Å². The van der Waals surface area contributed by atoms with E-state index in [9.17, 15) is 4.79 Å². The minimum absolute atomic E-state index is 0.211. The first-order chi connectivity index (χ1) is 7.20. The van der Waals surface area contributed by atoms with Crippen LogP contribution in [0.3, 0.4) is 0 Å². The van der Waals surface area contributed by atoms with E-state index in [1.165, 1.54) is 32.1 Å². The van der Waals surface area contributed by atoms with Crippen molar-refractivity contribution < 1.29 is 4.79 Å². The highest BCUT2D eigenvalue weighted by Crippen LogP contribution is 2.26. The molecule has 0 aromatic heterocycles. The summed E-state index contributed by atoms with van der Waals surface area (Å²) in [5, 5.41) is 3.35. The molecule has 3 heteroatoms. The fourth-order valence-corrected chi connectivity index (χ4v) is 2.15. The second-order valence-corrected chi connectivity index (χ2v) is 4.73. The van der Waals surface area contributed by atoms with Crippen molar-refractivity contribution >= 4 is 5.91 Å². The van der Waals surface area contributed by atoms with Crippen LogP contribution in [0.2, 0.25) is 0 Å². The maximum Gasteiger partial charge on any atom is 0.223 e. The Bertz CT molecular complexity index is 186. The molecule has 1 fully saturated rings. The van der Waals surface area contributed by atoms with E-state index in [1.54, 1.807) is 19.0 Å². The van der Waals surface area contributed by atoms with Crippen LogP contribution in [0.4, 0.5) is 0 Å². The molecule has 0 saturated heterocycles. The van der Waals surface area contributed by atoms with Gasteiger partial charge in [-0.3, -0.25) is 4.79 Å². The molecule has 0 unspecified atom stereocenters. The summed E-state index contributed by atoms with van der Waals surface area (Å²) in [5.74, 6) is 1.16. The van der Waals surface area contributed by atoms with Crippen LogP contribution in [0.15, 0.2) is 0 Å². The maximum atomic E-state index is 11.2. The van der Waals surface area contributed by atoms with Gasteiger partial charge >= 0.3 is 0 Å². The highest BCUT2D eigenvalue weighted by Gasteiger charge is 2.13. The molecule has 0 heterocycles. The molecule has 1 saturated carbocycles. The van der Waals surface area contributed by atoms with Crippen LogP contribution in [0.5, 0.6) is 0 Å². The third-order valence-corrected chi connectivity index (χ3v) is 3.22. The highest BCUT2D eigenvalue weighted by atomic mass is 16.2. The van der Waals surface area contributed by atoms with Crippen molar-refractivity contribution in [3.63, 3.8) is 0 Å². The van der Waals surface area contributed by atoms with Crippen molar-refractivity contribution in [1.29, 1.82) is 0 Å². The lowest BCUT2D eigenvalue weighted by atomic mass is 10.0. The van der Waals surface area contributed by atoms with Gasteiger partial charge in [0, 0.05) is 27.1 Å². The minimum Gasteiger partial charge on any atom is -0.349 e. The number of hydrogen-bond acceptors (Lipinski definition) is 2.